The Balaban J connectivity index is -0.0000157. The van der Waals surface area contributed by atoms with E-state index in [2.05, 4.69) is 21.3 Å². The number of hydrogen-bond acceptors (Lipinski definition) is 9. The van der Waals surface area contributed by atoms with E-state index in [0.29, 0.717) is 25.7 Å². The van der Waals surface area contributed by atoms with Gasteiger partial charge < -0.3 is 52.2 Å². The smallest absolute Gasteiger partial charge is 0.326 e. The maximum absolute atomic E-state index is 12.5. The molecule has 0 aliphatic rings. The topological polar surface area (TPSA) is 306 Å². The molecule has 0 saturated heterocycles. The minimum atomic E-state index is -1.54. The van der Waals surface area contributed by atoms with Crippen molar-refractivity contribution >= 4 is 53.8 Å². The van der Waals surface area contributed by atoms with Gasteiger partial charge in [-0.05, 0) is 38.5 Å². The minimum absolute atomic E-state index is 0. The summed E-state index contributed by atoms with van der Waals surface area (Å²) in [6.07, 6.45) is 15.5. The molecule has 0 rings (SSSR count). The Kier molecular flexibility index (Phi) is 39.5. The van der Waals surface area contributed by atoms with Gasteiger partial charge in [0.05, 0.1) is 0 Å². The van der Waals surface area contributed by atoms with Crippen LogP contribution < -0.4 is 21.3 Å². The molecular weight excluding hydrogens is 981 g/mol. The monoisotopic (exact) mass is 1050 g/mol. The fourth-order valence-electron chi connectivity index (χ4n) is 5.93. The molecule has 9 N–H and O–H groups in total. The van der Waals surface area contributed by atoms with Crippen molar-refractivity contribution in [1.29, 1.82) is 0 Å². The molecule has 0 aromatic heterocycles. The summed E-state index contributed by atoms with van der Waals surface area (Å²) in [5.41, 5.74) is 7.29. The van der Waals surface area contributed by atoms with Gasteiger partial charge in [0.15, 0.2) is 0 Å². The van der Waals surface area contributed by atoms with E-state index < -0.39 is 90.9 Å². The summed E-state index contributed by atoms with van der Waals surface area (Å²) in [6, 6.07) is -5.28. The normalized spacial score (nSPS) is 12.6. The molecule has 0 aliphatic carbocycles. The van der Waals surface area contributed by atoms with E-state index in [-0.39, 0.29) is 78.3 Å². The molecule has 0 aromatic rings. The van der Waals surface area contributed by atoms with Crippen LogP contribution in [0.3, 0.4) is 0 Å². The minimum Gasteiger partial charge on any atom is -0.698 e. The van der Waals surface area contributed by atoms with E-state index in [4.69, 9.17) is 10.8 Å². The maximum Gasteiger partial charge on any atom is 0.326 e. The summed E-state index contributed by atoms with van der Waals surface area (Å²) in [5, 5.41) is 46.6. The average molecular weight is 1050 g/mol. The van der Waals surface area contributed by atoms with Crippen LogP contribution in [0, 0.1) is 0 Å². The summed E-state index contributed by atoms with van der Waals surface area (Å²) < 4.78 is 0. The number of aliphatic carboxylic acids is 4. The first-order chi connectivity index (χ1) is 27.2. The standard InChI is InChI=1S/C39H65N5O13.V.W/c40-28(27-45)17-15-16-26-41-32(46)23-20-29(37(52)53)43-34(48)25-22-31(39(56)57)44-35(49)24-21-30(38(54)55)42-33(47)18-13-11-9-7-5-3-1-2-4-6-8-10-12-14-19-36(50)51;;/h28-31,40H,1-26H2,(H,41,46)(H,42,47)(H,43,48)(H,44,49)(H,50,51)(H,52,53)(H,54,55)(H,56,57);;/q-2;;/t28-,29-,30-,31?;;/m0../s1. The van der Waals surface area contributed by atoms with Crippen LogP contribution in [0.25, 0.3) is 5.73 Å². The number of amides is 4. The third kappa shape index (κ3) is 36.3. The van der Waals surface area contributed by atoms with E-state index in [0.717, 1.165) is 57.8 Å². The van der Waals surface area contributed by atoms with Crippen molar-refractivity contribution in [2.45, 2.75) is 185 Å². The molecule has 337 valence electrons. The Hall–Kier alpha value is -3.34. The number of hydrogen-bond donors (Lipinski definition) is 8. The molecule has 0 aromatic carbocycles. The summed E-state index contributed by atoms with van der Waals surface area (Å²) in [6.45, 7) is 0.258. The number of carboxylic acid groups (broad SMARTS) is 4. The number of unbranched alkanes of at least 4 members (excludes halogenated alkanes) is 14. The molecule has 4 amide bonds. The summed E-state index contributed by atoms with van der Waals surface area (Å²) in [5.74, 6) is -7.53. The molecule has 59 heavy (non-hydrogen) atoms. The zero-order chi connectivity index (χ0) is 42.8. The Labute approximate surface area is 373 Å². The van der Waals surface area contributed by atoms with E-state index in [1.165, 1.54) is 25.7 Å². The Morgan fingerprint density at radius 2 is 0.763 bits per heavy atom. The molecule has 0 heterocycles. The van der Waals surface area contributed by atoms with Gasteiger partial charge >= 0.3 is 23.9 Å². The van der Waals surface area contributed by atoms with E-state index >= 15 is 0 Å². The molecular formula is C39H65N5O13VW-2. The second-order valence-corrected chi connectivity index (χ2v) is 14.4. The predicted octanol–water partition coefficient (Wildman–Crippen LogP) is 4.17. The molecule has 4 atom stereocenters. The van der Waals surface area contributed by atoms with Crippen molar-refractivity contribution in [1.82, 2.24) is 21.3 Å². The van der Waals surface area contributed by atoms with Gasteiger partial charge in [-0.2, -0.15) is 0 Å². The van der Waals surface area contributed by atoms with Crippen LogP contribution in [0.2, 0.25) is 0 Å². The quantitative estimate of drug-likeness (QED) is 0.0319. The van der Waals surface area contributed by atoms with Crippen LogP contribution >= 0.6 is 0 Å². The summed E-state index contributed by atoms with van der Waals surface area (Å²) >= 11 is 0. The molecule has 1 radical (unpaired) electrons. The predicted molar refractivity (Wildman–Crippen MR) is 209 cm³/mol. The van der Waals surface area contributed by atoms with Crippen LogP contribution in [0.4, 0.5) is 0 Å². The summed E-state index contributed by atoms with van der Waals surface area (Å²) in [4.78, 5) is 105. The van der Waals surface area contributed by atoms with Crippen molar-refractivity contribution in [3.63, 3.8) is 0 Å². The van der Waals surface area contributed by atoms with Gasteiger partial charge in [-0.25, -0.2) is 20.4 Å². The summed E-state index contributed by atoms with van der Waals surface area (Å²) in [7, 11) is 0. The Morgan fingerprint density at radius 3 is 1.10 bits per heavy atom. The van der Waals surface area contributed by atoms with Gasteiger partial charge in [0, 0.05) is 78.3 Å². The van der Waals surface area contributed by atoms with Gasteiger partial charge in [-0.3, -0.25) is 30.3 Å². The fraction of sp³-hybridized carbons (Fsp3) is 0.769. The molecule has 0 spiro atoms. The average Bonchev–Trinajstić information content (AvgIpc) is 3.15. The Bertz CT molecular complexity index is 1260. The maximum atomic E-state index is 12.5. The van der Waals surface area contributed by atoms with E-state index in [1.54, 1.807) is 6.29 Å². The van der Waals surface area contributed by atoms with Crippen molar-refractivity contribution in [3.05, 3.63) is 5.73 Å². The molecule has 18 nitrogen and oxygen atoms in total. The first-order valence-electron chi connectivity index (χ1n) is 20.3. The number of nitrogens with one attached hydrogen (secondary N) is 5. The SMILES string of the molecule is [NH-][C@H]([C-]=O)CCCCNC(=O)CC[C@H](NC(=O)CCC(NC(=O)CC[C@H](NC(=O)CCCCCCCCCCCCCCCCC(=O)O)C(=O)O)C(=O)O)C(=O)O.[V].[W]. The van der Waals surface area contributed by atoms with Crippen LogP contribution in [-0.4, -0.2) is 105 Å². The number of carboxylic acids is 4. The van der Waals surface area contributed by atoms with Crippen molar-refractivity contribution in [2.24, 2.45) is 0 Å². The molecule has 0 saturated carbocycles. The van der Waals surface area contributed by atoms with Crippen LogP contribution in [0.5, 0.6) is 0 Å². The first-order valence-corrected chi connectivity index (χ1v) is 20.3. The second-order valence-electron chi connectivity index (χ2n) is 14.4. The van der Waals surface area contributed by atoms with E-state index in [9.17, 15) is 58.5 Å². The van der Waals surface area contributed by atoms with Gasteiger partial charge in [0.1, 0.15) is 18.1 Å². The first kappa shape index (κ1) is 60.0. The third-order valence-electron chi connectivity index (χ3n) is 9.31. The fourth-order valence-corrected chi connectivity index (χ4v) is 5.93. The Morgan fingerprint density at radius 1 is 0.441 bits per heavy atom. The van der Waals surface area contributed by atoms with Crippen LogP contribution in [0.1, 0.15) is 161 Å². The van der Waals surface area contributed by atoms with Crippen molar-refractivity contribution in [3.8, 4) is 0 Å². The second kappa shape index (κ2) is 38.8. The van der Waals surface area contributed by atoms with Crippen LogP contribution in [0.15, 0.2) is 0 Å². The van der Waals surface area contributed by atoms with Gasteiger partial charge in [0.25, 0.3) is 0 Å². The van der Waals surface area contributed by atoms with Crippen molar-refractivity contribution in [2.75, 3.05) is 6.54 Å². The molecule has 0 bridgehead atoms. The number of rotatable bonds is 38. The van der Waals surface area contributed by atoms with Gasteiger partial charge in [-0.15, -0.1) is 0 Å². The molecule has 0 fully saturated rings. The largest absolute Gasteiger partial charge is 0.698 e. The van der Waals surface area contributed by atoms with Gasteiger partial charge in [-0.1, -0.05) is 89.9 Å². The van der Waals surface area contributed by atoms with E-state index in [1.807, 2.05) is 0 Å². The van der Waals surface area contributed by atoms with Gasteiger partial charge in [0.2, 0.25) is 23.6 Å². The van der Waals surface area contributed by atoms with Crippen molar-refractivity contribution < 1.29 is 103 Å². The molecule has 1 unspecified atom stereocenters. The zero-order valence-corrected chi connectivity index (χ0v) is 38.3. The molecule has 20 heteroatoms. The van der Waals surface area contributed by atoms with Crippen LogP contribution in [-0.2, 0) is 82.8 Å². The molecule has 0 aliphatic heterocycles. The third-order valence-corrected chi connectivity index (χ3v) is 9.31. The number of carbonyl (C=O) groups is 8. The zero-order valence-electron chi connectivity index (χ0n) is 34.0. The number of carbonyl (C=O) groups excluding carboxylic acids is 5.